The molecule has 2 N–H and O–H groups in total. The predicted molar refractivity (Wildman–Crippen MR) is 99.3 cm³/mol. The second-order valence-corrected chi connectivity index (χ2v) is 7.25. The smallest absolute Gasteiger partial charge is 0.331 e. The topological polar surface area (TPSA) is 83.8 Å². The van der Waals surface area contributed by atoms with Crippen LogP contribution in [0, 0.1) is 11.3 Å². The fourth-order valence-electron chi connectivity index (χ4n) is 2.97. The molecular formula is C21H26O5. The monoisotopic (exact) mass is 358 g/mol. The van der Waals surface area contributed by atoms with E-state index in [0.29, 0.717) is 6.42 Å². The molecule has 0 aromatic carbocycles. The van der Waals surface area contributed by atoms with Crippen molar-refractivity contribution >= 4 is 11.8 Å². The number of aliphatic hydroxyl groups is 2. The Kier molecular flexibility index (Phi) is 5.71. The molecule has 2 rings (SSSR count). The highest BCUT2D eigenvalue weighted by atomic mass is 16.5. The van der Waals surface area contributed by atoms with Crippen LogP contribution in [0.1, 0.15) is 34.1 Å². The van der Waals surface area contributed by atoms with E-state index in [1.165, 1.54) is 24.3 Å². The van der Waals surface area contributed by atoms with Gasteiger partial charge in [-0.2, -0.15) is 0 Å². The van der Waals surface area contributed by atoms with E-state index in [9.17, 15) is 19.8 Å². The molecule has 0 aromatic rings. The Bertz CT molecular complexity index is 736. The summed E-state index contributed by atoms with van der Waals surface area (Å²) in [5.74, 6) is -1.34. The van der Waals surface area contributed by atoms with E-state index in [2.05, 4.69) is 0 Å². The van der Waals surface area contributed by atoms with Crippen molar-refractivity contribution in [3.05, 3.63) is 59.9 Å². The van der Waals surface area contributed by atoms with Crippen molar-refractivity contribution in [2.45, 2.75) is 45.8 Å². The van der Waals surface area contributed by atoms with Gasteiger partial charge in [0.15, 0.2) is 5.76 Å². The zero-order valence-electron chi connectivity index (χ0n) is 15.6. The van der Waals surface area contributed by atoms with E-state index >= 15 is 0 Å². The van der Waals surface area contributed by atoms with Crippen molar-refractivity contribution in [2.75, 3.05) is 0 Å². The first-order chi connectivity index (χ1) is 12.1. The fraction of sp³-hybridized carbons (Fsp3) is 0.429. The number of allylic oxidation sites excluding steroid dienone is 6. The van der Waals surface area contributed by atoms with E-state index < -0.39 is 28.9 Å². The number of hydrogen-bond acceptors (Lipinski definition) is 5. The lowest BCUT2D eigenvalue weighted by Gasteiger charge is -2.42. The summed E-state index contributed by atoms with van der Waals surface area (Å²) < 4.78 is 5.51. The van der Waals surface area contributed by atoms with Gasteiger partial charge >= 0.3 is 5.97 Å². The van der Waals surface area contributed by atoms with Crippen LogP contribution in [0.5, 0.6) is 0 Å². The summed E-state index contributed by atoms with van der Waals surface area (Å²) in [5.41, 5.74) is -0.694. The maximum Gasteiger partial charge on any atom is 0.331 e. The van der Waals surface area contributed by atoms with Crippen LogP contribution in [0.25, 0.3) is 0 Å². The van der Waals surface area contributed by atoms with Crippen LogP contribution >= 0.6 is 0 Å². The van der Waals surface area contributed by atoms with E-state index in [4.69, 9.17) is 4.74 Å². The lowest BCUT2D eigenvalue weighted by Crippen LogP contribution is -2.40. The minimum atomic E-state index is -0.904. The normalized spacial score (nSPS) is 30.7. The number of aliphatic hydroxyl groups excluding tert-OH is 1. The highest BCUT2D eigenvalue weighted by Gasteiger charge is 2.43. The van der Waals surface area contributed by atoms with Gasteiger partial charge in [0.25, 0.3) is 0 Å². The predicted octanol–water partition coefficient (Wildman–Crippen LogP) is 3.33. The Morgan fingerprint density at radius 3 is 2.77 bits per heavy atom. The first-order valence-electron chi connectivity index (χ1n) is 8.74. The van der Waals surface area contributed by atoms with Gasteiger partial charge < -0.3 is 14.9 Å². The summed E-state index contributed by atoms with van der Waals surface area (Å²) in [6.07, 6.45) is 12.6. The molecular weight excluding hydrogens is 332 g/mol. The van der Waals surface area contributed by atoms with Crippen LogP contribution in [0.2, 0.25) is 0 Å². The van der Waals surface area contributed by atoms with Gasteiger partial charge in [-0.25, -0.2) is 4.79 Å². The minimum absolute atomic E-state index is 0.150. The van der Waals surface area contributed by atoms with Gasteiger partial charge in [-0.3, -0.25) is 4.79 Å². The standard InChI is InChI=1S/C21H26O5/c1-5-20(3,25)11-7-6-8-19(24)26-18-10-9-15-12-16(22)17(23)13-21(15,4)14(18)2/h6-14,18,23,25H,5H2,1-4H3/b8-6+,11-7+/t14-,18-,20-,21+/m0/s1. The molecule has 0 bridgehead atoms. The summed E-state index contributed by atoms with van der Waals surface area (Å²) in [6.45, 7) is 7.38. The molecule has 140 valence electrons. The van der Waals surface area contributed by atoms with Crippen LogP contribution in [0.15, 0.2) is 59.9 Å². The van der Waals surface area contributed by atoms with E-state index in [1.807, 2.05) is 20.8 Å². The quantitative estimate of drug-likeness (QED) is 0.447. The highest BCUT2D eigenvalue weighted by molar-refractivity contribution is 6.04. The number of ketones is 1. The molecule has 26 heavy (non-hydrogen) atoms. The second-order valence-electron chi connectivity index (χ2n) is 7.25. The first-order valence-corrected chi connectivity index (χ1v) is 8.74. The molecule has 0 aromatic heterocycles. The van der Waals surface area contributed by atoms with Crippen LogP contribution in [0.3, 0.4) is 0 Å². The summed E-state index contributed by atoms with van der Waals surface area (Å²) in [6, 6.07) is 0. The fourth-order valence-corrected chi connectivity index (χ4v) is 2.97. The van der Waals surface area contributed by atoms with Crippen molar-refractivity contribution in [3.63, 3.8) is 0 Å². The van der Waals surface area contributed by atoms with E-state index in [1.54, 1.807) is 31.2 Å². The first kappa shape index (κ1) is 19.9. The molecule has 0 heterocycles. The third-order valence-corrected chi connectivity index (χ3v) is 5.27. The Morgan fingerprint density at radius 2 is 2.12 bits per heavy atom. The van der Waals surface area contributed by atoms with Gasteiger partial charge in [0.05, 0.1) is 5.60 Å². The molecule has 2 aliphatic rings. The van der Waals surface area contributed by atoms with Crippen molar-refractivity contribution < 1.29 is 24.5 Å². The number of fused-ring (bicyclic) bond motifs is 1. The molecule has 5 heteroatoms. The maximum atomic E-state index is 12.1. The molecule has 0 spiro atoms. The maximum absolute atomic E-state index is 12.1. The van der Waals surface area contributed by atoms with Gasteiger partial charge in [-0.05, 0) is 37.1 Å². The Labute approximate surface area is 154 Å². The molecule has 0 aliphatic heterocycles. The molecule has 0 fully saturated rings. The average Bonchev–Trinajstić information content (AvgIpc) is 2.57. The van der Waals surface area contributed by atoms with Gasteiger partial charge in [-0.15, -0.1) is 0 Å². The molecule has 4 atom stereocenters. The lowest BCUT2D eigenvalue weighted by molar-refractivity contribution is -0.144. The Hall–Kier alpha value is -2.40. The van der Waals surface area contributed by atoms with E-state index in [0.717, 1.165) is 5.57 Å². The molecule has 5 nitrogen and oxygen atoms in total. The molecule has 0 radical (unpaired) electrons. The van der Waals surface area contributed by atoms with Crippen LogP contribution in [0.4, 0.5) is 0 Å². The van der Waals surface area contributed by atoms with Crippen molar-refractivity contribution in [1.29, 1.82) is 0 Å². The SMILES string of the molecule is CC[C@](C)(O)/C=C/C=C/C(=O)O[C@H]1C=CC2=CC(=O)C(O)=C[C@]2(C)[C@H]1C. The van der Waals surface area contributed by atoms with E-state index in [-0.39, 0.29) is 11.7 Å². The number of ether oxygens (including phenoxy) is 1. The number of carbonyl (C=O) groups is 2. The zero-order valence-corrected chi connectivity index (χ0v) is 15.6. The molecule has 0 saturated heterocycles. The lowest BCUT2D eigenvalue weighted by atomic mass is 9.64. The summed E-state index contributed by atoms with van der Waals surface area (Å²) in [5, 5.41) is 19.7. The largest absolute Gasteiger partial charge is 0.504 e. The van der Waals surface area contributed by atoms with Crippen molar-refractivity contribution in [2.24, 2.45) is 11.3 Å². The molecule has 0 amide bonds. The summed E-state index contributed by atoms with van der Waals surface area (Å²) in [7, 11) is 0. The average molecular weight is 358 g/mol. The second kappa shape index (κ2) is 7.46. The van der Waals surface area contributed by atoms with Gasteiger partial charge in [0, 0.05) is 17.4 Å². The number of rotatable bonds is 5. The van der Waals surface area contributed by atoms with Crippen molar-refractivity contribution in [1.82, 2.24) is 0 Å². The van der Waals surface area contributed by atoms with Gasteiger partial charge in [-0.1, -0.05) is 45.1 Å². The third-order valence-electron chi connectivity index (χ3n) is 5.27. The molecule has 0 unspecified atom stereocenters. The zero-order chi connectivity index (χ0) is 19.5. The van der Waals surface area contributed by atoms with Gasteiger partial charge in [0.2, 0.25) is 5.78 Å². The highest BCUT2D eigenvalue weighted by Crippen LogP contribution is 2.46. The van der Waals surface area contributed by atoms with Gasteiger partial charge in [0.1, 0.15) is 6.10 Å². The molecule has 2 aliphatic carbocycles. The Morgan fingerprint density at radius 1 is 1.42 bits per heavy atom. The van der Waals surface area contributed by atoms with Crippen LogP contribution in [-0.4, -0.2) is 33.7 Å². The van der Waals surface area contributed by atoms with Crippen LogP contribution < -0.4 is 0 Å². The number of esters is 1. The third kappa shape index (κ3) is 4.22. The minimum Gasteiger partial charge on any atom is -0.504 e. The number of hydrogen-bond donors (Lipinski definition) is 2. The summed E-state index contributed by atoms with van der Waals surface area (Å²) >= 11 is 0. The van der Waals surface area contributed by atoms with Crippen molar-refractivity contribution in [3.8, 4) is 0 Å². The number of carbonyl (C=O) groups excluding carboxylic acids is 2. The van der Waals surface area contributed by atoms with Crippen LogP contribution in [-0.2, 0) is 14.3 Å². The summed E-state index contributed by atoms with van der Waals surface area (Å²) in [4.78, 5) is 23.7. The molecule has 0 saturated carbocycles. The Balaban J connectivity index is 2.07.